The van der Waals surface area contributed by atoms with Crippen molar-refractivity contribution in [1.82, 2.24) is 19.6 Å². The molecule has 6 fully saturated rings. The van der Waals surface area contributed by atoms with Gasteiger partial charge >= 0.3 is 36.1 Å². The van der Waals surface area contributed by atoms with E-state index in [0.29, 0.717) is 31.6 Å². The zero-order chi connectivity index (χ0) is 76.0. The first kappa shape index (κ1) is 85.8. The first-order valence-corrected chi connectivity index (χ1v) is 39.7. The Balaban J connectivity index is 0.000000291. The topological polar surface area (TPSA) is 277 Å². The maximum absolute atomic E-state index is 13.5. The van der Waals surface area contributed by atoms with E-state index in [1.54, 1.807) is 37.0 Å². The van der Waals surface area contributed by atoms with Gasteiger partial charge in [-0.3, -0.25) is 19.2 Å². The highest BCUT2D eigenvalue weighted by atomic mass is 16.6. The van der Waals surface area contributed by atoms with Crippen molar-refractivity contribution in [3.05, 3.63) is 71.9 Å². The van der Waals surface area contributed by atoms with Crippen LogP contribution in [0.3, 0.4) is 0 Å². The lowest BCUT2D eigenvalue weighted by Gasteiger charge is -2.40. The van der Waals surface area contributed by atoms with E-state index in [1.165, 1.54) is 65.5 Å². The van der Waals surface area contributed by atoms with E-state index < -0.39 is 77.8 Å². The minimum Gasteiger partial charge on any atom is -0.457 e. The first-order valence-electron chi connectivity index (χ1n) is 39.7. The molecule has 104 heavy (non-hydrogen) atoms. The van der Waals surface area contributed by atoms with Crippen LogP contribution in [0, 0.1) is 35.5 Å². The molecule has 8 aliphatic heterocycles. The maximum Gasteiger partial charge on any atom is 0.410 e. The molecular formula is C82H132N4O18. The van der Waals surface area contributed by atoms with Crippen molar-refractivity contribution in [1.29, 1.82) is 0 Å². The van der Waals surface area contributed by atoms with E-state index in [0.717, 1.165) is 82.3 Å². The molecule has 20 unspecified atom stereocenters. The molecule has 2 amide bonds. The van der Waals surface area contributed by atoms with Gasteiger partial charge in [-0.15, -0.1) is 0 Å². The van der Waals surface area contributed by atoms with Crippen molar-refractivity contribution in [2.45, 2.75) is 322 Å². The summed E-state index contributed by atoms with van der Waals surface area (Å²) in [6, 6.07) is 1.06. The summed E-state index contributed by atoms with van der Waals surface area (Å²) in [4.78, 5) is 85.5. The summed E-state index contributed by atoms with van der Waals surface area (Å²) in [6.07, 6.45) is 27.9. The van der Waals surface area contributed by atoms with Crippen LogP contribution in [-0.4, -0.2) is 225 Å². The lowest BCUT2D eigenvalue weighted by Crippen LogP contribution is -2.49. The number of likely N-dealkylation sites (tertiary alicyclic amines) is 4. The number of amides is 2. The minimum atomic E-state index is -1.47. The summed E-state index contributed by atoms with van der Waals surface area (Å²) in [5.41, 5.74) is -1.27. The Morgan fingerprint density at radius 2 is 0.990 bits per heavy atom. The third-order valence-electron chi connectivity index (χ3n) is 23.0. The summed E-state index contributed by atoms with van der Waals surface area (Å²) in [6.45, 7) is 33.1. The number of hydrogen-bond acceptors (Lipinski definition) is 20. The van der Waals surface area contributed by atoms with Crippen LogP contribution in [0.4, 0.5) is 9.59 Å². The molecule has 8 heterocycles. The second-order valence-corrected chi connectivity index (χ2v) is 32.2. The van der Waals surface area contributed by atoms with E-state index in [1.807, 2.05) is 76.8 Å². The second-order valence-electron chi connectivity index (χ2n) is 32.2. The van der Waals surface area contributed by atoms with Crippen LogP contribution < -0.4 is 0 Å². The van der Waals surface area contributed by atoms with E-state index in [2.05, 4.69) is 49.6 Å². The van der Waals surface area contributed by atoms with Crippen molar-refractivity contribution < 1.29 is 87.1 Å². The lowest BCUT2D eigenvalue weighted by atomic mass is 9.88. The smallest absolute Gasteiger partial charge is 0.410 e. The second kappa shape index (κ2) is 41.2. The number of cyclic esters (lactones) is 2. The molecular weight excluding hydrogens is 1330 g/mol. The highest BCUT2D eigenvalue weighted by molar-refractivity contribution is 5.73. The van der Waals surface area contributed by atoms with Gasteiger partial charge in [0.05, 0.1) is 49.5 Å². The molecule has 0 bridgehead atoms. The molecule has 0 aromatic heterocycles. The quantitative estimate of drug-likeness (QED) is 0.0258. The van der Waals surface area contributed by atoms with Crippen molar-refractivity contribution in [3.63, 3.8) is 0 Å². The molecule has 588 valence electrons. The SMILES string of the molecule is CCC(O)C(C)C1OC1CC(C)/C=C/C=C(\C)C1OC(=O)CC(OC(=O)N2CCC(N3CCCCC3)CC2)CCC(C)(O)C(OC(C)=O)/C=C/C1C.CCC(OC(=O)N1CCC(N2CCCCC2)CC1)C(C)C1OC1CC(C)/C=C/C=C(\C)C1OC(=O)CC(O)CCC(C)(O)C(OC(C)=O)/C=C/C1C. The zero-order valence-corrected chi connectivity index (χ0v) is 65.4. The molecule has 0 aromatic carbocycles. The normalized spacial score (nSPS) is 34.0. The Morgan fingerprint density at radius 3 is 1.42 bits per heavy atom. The number of aliphatic hydroxyl groups is 4. The van der Waals surface area contributed by atoms with Crippen molar-refractivity contribution in [3.8, 4) is 0 Å². The Kier molecular flexibility index (Phi) is 34.0. The van der Waals surface area contributed by atoms with Crippen LogP contribution in [0.5, 0.6) is 0 Å². The number of nitrogens with zero attached hydrogens (tertiary/aromatic N) is 4. The molecule has 8 rings (SSSR count). The predicted octanol–water partition coefficient (Wildman–Crippen LogP) is 12.2. The molecule has 0 radical (unpaired) electrons. The Labute approximate surface area is 621 Å². The average molecular weight is 1460 g/mol. The number of epoxide rings is 2. The summed E-state index contributed by atoms with van der Waals surface area (Å²) in [7, 11) is 0. The summed E-state index contributed by atoms with van der Waals surface area (Å²) in [5, 5.41) is 43.2. The van der Waals surface area contributed by atoms with Gasteiger partial charge in [0.1, 0.15) is 47.8 Å². The Morgan fingerprint density at radius 1 is 0.567 bits per heavy atom. The monoisotopic (exact) mass is 1460 g/mol. The fourth-order valence-electron chi connectivity index (χ4n) is 16.0. The Bertz CT molecular complexity index is 2920. The number of aliphatic hydroxyl groups excluding tert-OH is 2. The van der Waals surface area contributed by atoms with Gasteiger partial charge in [0, 0.05) is 75.8 Å². The molecule has 4 N–H and O–H groups in total. The molecule has 20 atom stereocenters. The molecule has 22 heteroatoms. The van der Waals surface area contributed by atoms with Crippen LogP contribution >= 0.6 is 0 Å². The number of carbonyl (C=O) groups is 6. The van der Waals surface area contributed by atoms with Crippen molar-refractivity contribution >= 4 is 36.1 Å². The number of allylic oxidation sites excluding steroid dienone is 6. The summed E-state index contributed by atoms with van der Waals surface area (Å²) < 4.78 is 47.0. The third kappa shape index (κ3) is 27.0. The standard InChI is InChI=1S/2C41H66N2O9/c1-8-34(45)30(5)39-35(51-39)25-27(2)13-12-14-28(3)38-29(4)15-16-36(49-31(6)44)41(7,48)20-17-33(26-37(46)52-38)50-40(47)43-23-18-32(19-24-43)42-21-10-9-11-22-42;1-8-34(51-40(47)43-23-18-32(19-24-43)42-21-10-9-11-22-42)30(5)39-35(50-39)25-27(2)13-12-14-28(3)38-29(4)15-16-36(49-31(6)44)41(7,48)20-17-33(45)26-37(46)52-38/h2*12-16,27,29-30,32-36,38-39,45,48H,8-11,17-26H2,1-7H3/b2*13-12+,16-15+,28-14+. The number of piperidine rings is 4. The van der Waals surface area contributed by atoms with Gasteiger partial charge in [0.15, 0.2) is 0 Å². The van der Waals surface area contributed by atoms with E-state index >= 15 is 0 Å². The maximum atomic E-state index is 13.5. The van der Waals surface area contributed by atoms with Crippen molar-refractivity contribution in [2.24, 2.45) is 35.5 Å². The number of carbonyl (C=O) groups excluding carboxylic acids is 6. The van der Waals surface area contributed by atoms with Gasteiger partial charge in [-0.2, -0.15) is 0 Å². The molecule has 0 aromatic rings. The fourth-order valence-corrected chi connectivity index (χ4v) is 16.0. The summed E-state index contributed by atoms with van der Waals surface area (Å²) >= 11 is 0. The van der Waals surface area contributed by atoms with Gasteiger partial charge < -0.3 is 77.9 Å². The first-order chi connectivity index (χ1) is 49.4. The third-order valence-corrected chi connectivity index (χ3v) is 23.0. The van der Waals surface area contributed by atoms with Crippen LogP contribution in [0.1, 0.15) is 225 Å². The Hall–Kier alpha value is -5.46. The molecule has 6 saturated heterocycles. The molecule has 8 aliphatic rings. The van der Waals surface area contributed by atoms with Crippen LogP contribution in [0.2, 0.25) is 0 Å². The lowest BCUT2D eigenvalue weighted by molar-refractivity contribution is -0.158. The highest BCUT2D eigenvalue weighted by Gasteiger charge is 2.48. The zero-order valence-electron chi connectivity index (χ0n) is 65.4. The van der Waals surface area contributed by atoms with Crippen LogP contribution in [-0.2, 0) is 57.1 Å². The summed E-state index contributed by atoms with van der Waals surface area (Å²) in [5.74, 6) is -2.03. The van der Waals surface area contributed by atoms with Gasteiger partial charge in [0.2, 0.25) is 0 Å². The number of rotatable bonds is 22. The number of hydrogen-bond donors (Lipinski definition) is 4. The average Bonchev–Trinajstić information content (AvgIpc) is 1.65. The van der Waals surface area contributed by atoms with Crippen LogP contribution in [0.15, 0.2) is 71.9 Å². The van der Waals surface area contributed by atoms with Gasteiger partial charge in [-0.25, -0.2) is 9.59 Å². The minimum absolute atomic E-state index is 0.0472. The van der Waals surface area contributed by atoms with Crippen LogP contribution in [0.25, 0.3) is 0 Å². The molecule has 0 saturated carbocycles. The van der Waals surface area contributed by atoms with Gasteiger partial charge in [-0.1, -0.05) is 117 Å². The largest absolute Gasteiger partial charge is 0.457 e. The fraction of sp³-hybridized carbons (Fsp3) is 0.780. The molecule has 0 aliphatic carbocycles. The number of esters is 4. The number of ether oxygens (including phenoxy) is 8. The van der Waals surface area contributed by atoms with Gasteiger partial charge in [0.25, 0.3) is 0 Å². The predicted molar refractivity (Wildman–Crippen MR) is 399 cm³/mol. The van der Waals surface area contributed by atoms with Gasteiger partial charge in [-0.05, 0) is 192 Å². The van der Waals surface area contributed by atoms with E-state index in [9.17, 15) is 49.2 Å². The molecule has 0 spiro atoms. The molecule has 22 nitrogen and oxygen atoms in total. The van der Waals surface area contributed by atoms with Crippen molar-refractivity contribution in [2.75, 3.05) is 52.4 Å². The van der Waals surface area contributed by atoms with E-state index in [-0.39, 0.29) is 117 Å². The highest BCUT2D eigenvalue weighted by Crippen LogP contribution is 2.40. The van der Waals surface area contributed by atoms with E-state index in [4.69, 9.17) is 37.9 Å².